The zero-order chi connectivity index (χ0) is 25.1. The Kier molecular flexibility index (Phi) is 5.00. The number of benzene rings is 2. The molecule has 2 heterocycles. The summed E-state index contributed by atoms with van der Waals surface area (Å²) in [5.74, 6) is 2.12. The van der Waals surface area contributed by atoms with E-state index in [4.69, 9.17) is 4.42 Å². The zero-order valence-electron chi connectivity index (χ0n) is 20.5. The third kappa shape index (κ3) is 3.74. The molecule has 4 amide bonds. The summed E-state index contributed by atoms with van der Waals surface area (Å²) < 4.78 is 5.86. The largest absolute Gasteiger partial charge is 0.457 e. The number of nitrogens with one attached hydrogen (secondary N) is 1. The van der Waals surface area contributed by atoms with Crippen molar-refractivity contribution in [1.29, 1.82) is 0 Å². The molecule has 1 aliphatic heterocycles. The van der Waals surface area contributed by atoms with Gasteiger partial charge in [-0.3, -0.25) is 14.9 Å². The first kappa shape index (κ1) is 22.3. The highest BCUT2D eigenvalue weighted by molar-refractivity contribution is 6.39. The predicted octanol–water partition coefficient (Wildman–Crippen LogP) is 6.08. The lowest BCUT2D eigenvalue weighted by Crippen LogP contribution is -2.54. The molecule has 0 atom stereocenters. The maximum Gasteiger partial charge on any atom is 0.335 e. The first-order chi connectivity index (χ1) is 18.0. The Labute approximate surface area is 215 Å². The SMILES string of the molecule is O=C1NC(=O)N(c2ccc(C34CC5CC(CC(C5)C3)C4)cc2)C(=O)/C1=C/c1ccc(-c2ccccc2)o1. The monoisotopic (exact) mass is 492 g/mol. The Bertz CT molecular complexity index is 1400. The van der Waals surface area contributed by atoms with E-state index in [1.54, 1.807) is 12.1 Å². The van der Waals surface area contributed by atoms with Gasteiger partial charge in [-0.2, -0.15) is 0 Å². The summed E-state index contributed by atoms with van der Waals surface area (Å²) in [6.45, 7) is 0. The lowest BCUT2D eigenvalue weighted by molar-refractivity contribution is -0.122. The molecule has 1 aromatic heterocycles. The van der Waals surface area contributed by atoms with Crippen LogP contribution in [0.4, 0.5) is 10.5 Å². The van der Waals surface area contributed by atoms with Gasteiger partial charge in [-0.1, -0.05) is 42.5 Å². The molecule has 0 unspecified atom stereocenters. The average molecular weight is 493 g/mol. The van der Waals surface area contributed by atoms with Crippen LogP contribution in [0.2, 0.25) is 0 Å². The average Bonchev–Trinajstić information content (AvgIpc) is 3.35. The predicted molar refractivity (Wildman–Crippen MR) is 139 cm³/mol. The van der Waals surface area contributed by atoms with Gasteiger partial charge in [-0.15, -0.1) is 0 Å². The fourth-order valence-corrected chi connectivity index (χ4v) is 7.65. The summed E-state index contributed by atoms with van der Waals surface area (Å²) in [6.07, 6.45) is 9.28. The molecule has 5 aliphatic rings. The second-order valence-corrected chi connectivity index (χ2v) is 11.3. The van der Waals surface area contributed by atoms with E-state index >= 15 is 0 Å². The number of amides is 4. The first-order valence-electron chi connectivity index (χ1n) is 13.1. The van der Waals surface area contributed by atoms with Crippen molar-refractivity contribution in [2.75, 3.05) is 4.90 Å². The number of barbiturate groups is 1. The van der Waals surface area contributed by atoms with Crippen LogP contribution in [-0.2, 0) is 15.0 Å². The number of urea groups is 1. The van der Waals surface area contributed by atoms with Gasteiger partial charge in [0.05, 0.1) is 5.69 Å². The highest BCUT2D eigenvalue weighted by atomic mass is 16.3. The van der Waals surface area contributed by atoms with E-state index in [-0.39, 0.29) is 11.0 Å². The molecule has 0 spiro atoms. The van der Waals surface area contributed by atoms with Gasteiger partial charge in [-0.05, 0) is 97.6 Å². The standard InChI is InChI=1S/C31H28N2O4/c34-28-26(15-25-10-11-27(37-25)22-4-2-1-3-5-22)29(35)33(30(36)32-28)24-8-6-23(7-9-24)31-16-19-12-20(17-31)14-21(13-19)18-31/h1-11,15,19-21H,12-14,16-18H2,(H,32,34,36)/b26-15+. The van der Waals surface area contributed by atoms with Gasteiger partial charge in [0.15, 0.2) is 0 Å². The van der Waals surface area contributed by atoms with Gasteiger partial charge in [0.2, 0.25) is 0 Å². The van der Waals surface area contributed by atoms with Gasteiger partial charge in [-0.25, -0.2) is 9.69 Å². The molecule has 6 heteroatoms. The molecule has 4 bridgehead atoms. The minimum Gasteiger partial charge on any atom is -0.457 e. The van der Waals surface area contributed by atoms with Crippen LogP contribution in [0, 0.1) is 17.8 Å². The highest BCUT2D eigenvalue weighted by Crippen LogP contribution is 2.60. The third-order valence-electron chi connectivity index (χ3n) is 8.85. The first-order valence-corrected chi connectivity index (χ1v) is 13.1. The highest BCUT2D eigenvalue weighted by Gasteiger charge is 2.51. The van der Waals surface area contributed by atoms with E-state index in [0.29, 0.717) is 17.2 Å². The van der Waals surface area contributed by atoms with Crippen molar-refractivity contribution in [3.8, 4) is 11.3 Å². The van der Waals surface area contributed by atoms with E-state index in [0.717, 1.165) is 28.2 Å². The number of furan rings is 1. The van der Waals surface area contributed by atoms with Crippen molar-refractivity contribution in [3.05, 3.63) is 83.6 Å². The van der Waals surface area contributed by atoms with Crippen molar-refractivity contribution in [2.24, 2.45) is 17.8 Å². The Hall–Kier alpha value is -3.93. The van der Waals surface area contributed by atoms with Crippen molar-refractivity contribution in [2.45, 2.75) is 43.9 Å². The second kappa shape index (κ2) is 8.30. The molecule has 1 N–H and O–H groups in total. The number of carbonyl (C=O) groups excluding carboxylic acids is 3. The summed E-state index contributed by atoms with van der Waals surface area (Å²) in [6, 6.07) is 20.2. The van der Waals surface area contributed by atoms with Gasteiger partial charge >= 0.3 is 6.03 Å². The molecule has 4 aliphatic carbocycles. The molecule has 186 valence electrons. The number of hydrogen-bond acceptors (Lipinski definition) is 4. The van der Waals surface area contributed by atoms with Crippen LogP contribution >= 0.6 is 0 Å². The Balaban J connectivity index is 1.16. The number of nitrogens with zero attached hydrogens (tertiary/aromatic N) is 1. The molecule has 1 saturated heterocycles. The van der Waals surface area contributed by atoms with Crippen molar-refractivity contribution in [3.63, 3.8) is 0 Å². The lowest BCUT2D eigenvalue weighted by atomic mass is 9.48. The molecule has 3 aromatic rings. The summed E-state index contributed by atoms with van der Waals surface area (Å²) in [7, 11) is 0. The Morgan fingerprint density at radius 1 is 0.811 bits per heavy atom. The lowest BCUT2D eigenvalue weighted by Gasteiger charge is -2.57. The van der Waals surface area contributed by atoms with Crippen LogP contribution in [0.3, 0.4) is 0 Å². The van der Waals surface area contributed by atoms with E-state index < -0.39 is 17.8 Å². The molecule has 8 rings (SSSR count). The van der Waals surface area contributed by atoms with Crippen LogP contribution < -0.4 is 10.2 Å². The fourth-order valence-electron chi connectivity index (χ4n) is 7.65. The van der Waals surface area contributed by atoms with E-state index in [9.17, 15) is 14.4 Å². The zero-order valence-corrected chi connectivity index (χ0v) is 20.5. The van der Waals surface area contributed by atoms with Gasteiger partial charge in [0.1, 0.15) is 17.1 Å². The van der Waals surface area contributed by atoms with Crippen LogP contribution in [0.15, 0.2) is 76.7 Å². The minimum absolute atomic E-state index is 0.140. The molecule has 4 saturated carbocycles. The van der Waals surface area contributed by atoms with E-state index in [1.165, 1.54) is 50.2 Å². The van der Waals surface area contributed by atoms with Crippen molar-refractivity contribution >= 4 is 29.6 Å². The maximum atomic E-state index is 13.4. The maximum absolute atomic E-state index is 13.4. The summed E-state index contributed by atoms with van der Waals surface area (Å²) in [4.78, 5) is 39.7. The summed E-state index contributed by atoms with van der Waals surface area (Å²) in [5, 5.41) is 2.31. The Morgan fingerprint density at radius 2 is 1.46 bits per heavy atom. The van der Waals surface area contributed by atoms with Gasteiger partial charge in [0.25, 0.3) is 11.8 Å². The molecule has 5 fully saturated rings. The van der Waals surface area contributed by atoms with Crippen molar-refractivity contribution < 1.29 is 18.8 Å². The van der Waals surface area contributed by atoms with Crippen LogP contribution in [0.5, 0.6) is 0 Å². The van der Waals surface area contributed by atoms with Crippen molar-refractivity contribution in [1.82, 2.24) is 5.32 Å². The molecule has 6 nitrogen and oxygen atoms in total. The second-order valence-electron chi connectivity index (χ2n) is 11.3. The normalized spacial score (nSPS) is 29.7. The quantitative estimate of drug-likeness (QED) is 0.354. The number of rotatable bonds is 4. The fraction of sp³-hybridized carbons (Fsp3) is 0.323. The van der Waals surface area contributed by atoms with E-state index in [1.807, 2.05) is 42.5 Å². The molecule has 0 radical (unpaired) electrons. The van der Waals surface area contributed by atoms with Crippen LogP contribution in [0.25, 0.3) is 17.4 Å². The number of hydrogen-bond donors (Lipinski definition) is 1. The number of imide groups is 2. The summed E-state index contributed by atoms with van der Waals surface area (Å²) in [5.41, 5.74) is 2.76. The molecular formula is C31H28N2O4. The number of carbonyl (C=O) groups is 3. The van der Waals surface area contributed by atoms with E-state index in [2.05, 4.69) is 17.4 Å². The van der Waals surface area contributed by atoms with Gasteiger partial charge in [0, 0.05) is 5.56 Å². The summed E-state index contributed by atoms with van der Waals surface area (Å²) >= 11 is 0. The Morgan fingerprint density at radius 3 is 2.11 bits per heavy atom. The minimum atomic E-state index is -0.737. The third-order valence-corrected chi connectivity index (χ3v) is 8.85. The van der Waals surface area contributed by atoms with Gasteiger partial charge < -0.3 is 4.42 Å². The number of anilines is 1. The molecule has 37 heavy (non-hydrogen) atoms. The van der Waals surface area contributed by atoms with Crippen LogP contribution in [0.1, 0.15) is 49.8 Å². The topological polar surface area (TPSA) is 79.6 Å². The smallest absolute Gasteiger partial charge is 0.335 e. The molecular weight excluding hydrogens is 464 g/mol. The van der Waals surface area contributed by atoms with Crippen LogP contribution in [-0.4, -0.2) is 17.8 Å². The molecule has 2 aromatic carbocycles.